The highest BCUT2D eigenvalue weighted by Gasteiger charge is 2.43. The van der Waals surface area contributed by atoms with Crippen LogP contribution in [0.25, 0.3) is 11.1 Å². The fraction of sp³-hybridized carbons (Fsp3) is 0.625. The van der Waals surface area contributed by atoms with Crippen molar-refractivity contribution in [1.82, 2.24) is 19.8 Å². The molecule has 0 aromatic carbocycles. The minimum atomic E-state index is -3.53. The van der Waals surface area contributed by atoms with Crippen molar-refractivity contribution in [2.24, 2.45) is 5.41 Å². The Morgan fingerprint density at radius 1 is 1.32 bits per heavy atom. The molecular weight excluding hydrogens is 364 g/mol. The Balaban J connectivity index is 0.00000182. The van der Waals surface area contributed by atoms with Crippen molar-refractivity contribution in [3.63, 3.8) is 0 Å². The number of fused-ring (bicyclic) bond motifs is 1. The van der Waals surface area contributed by atoms with E-state index in [-0.39, 0.29) is 22.7 Å². The molecule has 9 heteroatoms. The number of hydrogen-bond acceptors (Lipinski definition) is 6. The van der Waals surface area contributed by atoms with Crippen LogP contribution in [0.4, 0.5) is 0 Å². The lowest BCUT2D eigenvalue weighted by Crippen LogP contribution is -2.39. The van der Waals surface area contributed by atoms with Crippen molar-refractivity contribution in [3.8, 4) is 0 Å². The molecule has 7 nitrogen and oxygen atoms in total. The van der Waals surface area contributed by atoms with Gasteiger partial charge in [-0.3, -0.25) is 0 Å². The third-order valence-corrected chi connectivity index (χ3v) is 7.23. The summed E-state index contributed by atoms with van der Waals surface area (Å²) < 4.78 is 32.9. The fourth-order valence-electron chi connectivity index (χ4n) is 3.87. The lowest BCUT2D eigenvalue weighted by molar-refractivity contribution is 0.218. The summed E-state index contributed by atoms with van der Waals surface area (Å²) in [5.41, 5.74) is 1.27. The van der Waals surface area contributed by atoms with Gasteiger partial charge in [0.05, 0.1) is 17.3 Å². The van der Waals surface area contributed by atoms with E-state index in [1.165, 1.54) is 6.20 Å². The van der Waals surface area contributed by atoms with Gasteiger partial charge in [-0.1, -0.05) is 12.1 Å². The molecule has 4 heterocycles. The molecular formula is C16H23ClN4O3S. The van der Waals surface area contributed by atoms with Crippen LogP contribution in [0, 0.1) is 5.41 Å². The monoisotopic (exact) mass is 386 g/mol. The molecule has 2 aliphatic rings. The average molecular weight is 387 g/mol. The van der Waals surface area contributed by atoms with Crippen molar-refractivity contribution in [2.75, 3.05) is 26.2 Å². The van der Waals surface area contributed by atoms with Crippen LogP contribution >= 0.6 is 12.4 Å². The maximum Gasteiger partial charge on any atom is 0.258 e. The van der Waals surface area contributed by atoms with E-state index in [4.69, 9.17) is 4.52 Å². The largest absolute Gasteiger partial charge is 0.336 e. The Hall–Kier alpha value is -1.22. The van der Waals surface area contributed by atoms with Crippen LogP contribution in [-0.2, 0) is 16.4 Å². The van der Waals surface area contributed by atoms with Crippen LogP contribution in [0.15, 0.2) is 21.7 Å². The van der Waals surface area contributed by atoms with Crippen LogP contribution in [0.1, 0.15) is 31.9 Å². The molecule has 1 spiro atoms. The molecule has 2 aromatic heterocycles. The molecule has 0 amide bonds. The first-order valence-electron chi connectivity index (χ1n) is 8.49. The molecule has 2 fully saturated rings. The third-order valence-electron chi connectivity index (χ3n) is 5.42. The summed E-state index contributed by atoms with van der Waals surface area (Å²) in [5.74, 6) is 0. The van der Waals surface area contributed by atoms with E-state index in [2.05, 4.69) is 15.5 Å². The van der Waals surface area contributed by atoms with Gasteiger partial charge in [0, 0.05) is 13.1 Å². The van der Waals surface area contributed by atoms with Crippen molar-refractivity contribution in [2.45, 2.75) is 37.5 Å². The van der Waals surface area contributed by atoms with Crippen LogP contribution in [0.5, 0.6) is 0 Å². The summed E-state index contributed by atoms with van der Waals surface area (Å²) in [4.78, 5) is 4.38. The molecule has 0 radical (unpaired) electrons. The maximum atomic E-state index is 13.0. The summed E-state index contributed by atoms with van der Waals surface area (Å²) in [6.45, 7) is 5.10. The number of halogens is 1. The molecule has 25 heavy (non-hydrogen) atoms. The zero-order valence-electron chi connectivity index (χ0n) is 14.2. The predicted octanol–water partition coefficient (Wildman–Crippen LogP) is 1.97. The average Bonchev–Trinajstić information content (AvgIpc) is 3.19. The first-order chi connectivity index (χ1) is 11.5. The Morgan fingerprint density at radius 3 is 2.80 bits per heavy atom. The molecule has 1 N–H and O–H groups in total. The molecule has 138 valence electrons. The van der Waals surface area contributed by atoms with E-state index >= 15 is 0 Å². The number of aryl methyl sites for hydroxylation is 1. The normalized spacial score (nSPS) is 20.8. The van der Waals surface area contributed by atoms with Crippen molar-refractivity contribution in [3.05, 3.63) is 18.0 Å². The van der Waals surface area contributed by atoms with Gasteiger partial charge in [0.15, 0.2) is 0 Å². The number of nitrogens with zero attached hydrogens (tertiary/aromatic N) is 3. The van der Waals surface area contributed by atoms with Gasteiger partial charge in [0.25, 0.3) is 5.71 Å². The van der Waals surface area contributed by atoms with Crippen LogP contribution in [-0.4, -0.2) is 49.0 Å². The first kappa shape index (κ1) is 18.6. The van der Waals surface area contributed by atoms with Gasteiger partial charge in [-0.2, -0.15) is 4.31 Å². The highest BCUT2D eigenvalue weighted by atomic mass is 35.5. The van der Waals surface area contributed by atoms with Crippen molar-refractivity contribution in [1.29, 1.82) is 0 Å². The number of sulfonamides is 1. The van der Waals surface area contributed by atoms with E-state index in [1.807, 2.05) is 6.92 Å². The third kappa shape index (κ3) is 3.16. The van der Waals surface area contributed by atoms with Gasteiger partial charge in [0.2, 0.25) is 10.0 Å². The highest BCUT2D eigenvalue weighted by molar-refractivity contribution is 7.89. The molecule has 0 unspecified atom stereocenters. The van der Waals surface area contributed by atoms with E-state index < -0.39 is 10.0 Å². The maximum absolute atomic E-state index is 13.0. The van der Waals surface area contributed by atoms with Gasteiger partial charge in [-0.25, -0.2) is 13.4 Å². The molecule has 0 saturated carbocycles. The summed E-state index contributed by atoms with van der Waals surface area (Å²) in [6.07, 6.45) is 5.09. The highest BCUT2D eigenvalue weighted by Crippen LogP contribution is 2.40. The van der Waals surface area contributed by atoms with Crippen molar-refractivity contribution >= 4 is 33.5 Å². The van der Waals surface area contributed by atoms with E-state index in [9.17, 15) is 8.42 Å². The predicted molar refractivity (Wildman–Crippen MR) is 96.3 cm³/mol. The second kappa shape index (κ2) is 6.83. The summed E-state index contributed by atoms with van der Waals surface area (Å²) in [5, 5.41) is 7.99. The van der Waals surface area contributed by atoms with Crippen LogP contribution < -0.4 is 5.32 Å². The Bertz CT molecular complexity index is 861. The number of pyridine rings is 1. The molecule has 2 aliphatic heterocycles. The molecule has 0 bridgehead atoms. The number of aromatic nitrogens is 2. The smallest absolute Gasteiger partial charge is 0.258 e. The number of hydrogen-bond donors (Lipinski definition) is 1. The minimum Gasteiger partial charge on any atom is -0.336 e. The summed E-state index contributed by atoms with van der Waals surface area (Å²) >= 11 is 0. The quantitative estimate of drug-likeness (QED) is 0.867. The molecule has 2 aromatic rings. The number of rotatable bonds is 3. The van der Waals surface area contributed by atoms with Gasteiger partial charge in [-0.05, 0) is 50.3 Å². The lowest BCUT2D eigenvalue weighted by Gasteiger charge is -2.33. The number of nitrogens with one attached hydrogen (secondary N) is 1. The van der Waals surface area contributed by atoms with E-state index in [1.54, 1.807) is 10.4 Å². The lowest BCUT2D eigenvalue weighted by atomic mass is 9.78. The Kier molecular flexibility index (Phi) is 5.07. The molecule has 0 atom stereocenters. The SMILES string of the molecule is CCc1noc2ncc(S(=O)(=O)N3CCC4(CCNCC4)C3)cc12.Cl. The standard InChI is InChI=1S/C16H22N4O3S.ClH/c1-2-14-13-9-12(10-18-15(13)23-19-14)24(21,22)20-8-5-16(11-20)3-6-17-7-4-16;/h9-10,17H,2-8,11H2,1H3;1H. The Labute approximate surface area is 153 Å². The second-order valence-electron chi connectivity index (χ2n) is 6.85. The minimum absolute atomic E-state index is 0. The topological polar surface area (TPSA) is 88.3 Å². The van der Waals surface area contributed by atoms with Gasteiger partial charge >= 0.3 is 0 Å². The molecule has 4 rings (SSSR count). The second-order valence-corrected chi connectivity index (χ2v) is 8.78. The van der Waals surface area contributed by atoms with Crippen LogP contribution in [0.2, 0.25) is 0 Å². The van der Waals surface area contributed by atoms with E-state index in [0.29, 0.717) is 30.6 Å². The first-order valence-corrected chi connectivity index (χ1v) is 9.93. The molecule has 0 aliphatic carbocycles. The Morgan fingerprint density at radius 2 is 2.08 bits per heavy atom. The van der Waals surface area contributed by atoms with Crippen LogP contribution in [0.3, 0.4) is 0 Å². The molecule has 2 saturated heterocycles. The zero-order valence-corrected chi connectivity index (χ0v) is 15.8. The fourth-order valence-corrected chi connectivity index (χ4v) is 5.40. The summed E-state index contributed by atoms with van der Waals surface area (Å²) in [6, 6.07) is 1.65. The van der Waals surface area contributed by atoms with Gasteiger partial charge in [-0.15, -0.1) is 12.4 Å². The van der Waals surface area contributed by atoms with E-state index in [0.717, 1.165) is 38.0 Å². The van der Waals surface area contributed by atoms with Gasteiger partial charge < -0.3 is 9.84 Å². The van der Waals surface area contributed by atoms with Crippen molar-refractivity contribution < 1.29 is 12.9 Å². The zero-order chi connectivity index (χ0) is 16.8. The summed E-state index contributed by atoms with van der Waals surface area (Å²) in [7, 11) is -3.53. The van der Waals surface area contributed by atoms with Gasteiger partial charge in [0.1, 0.15) is 4.90 Å². The number of piperidine rings is 1.